The van der Waals surface area contributed by atoms with Crippen LogP contribution in [0.2, 0.25) is 0 Å². The van der Waals surface area contributed by atoms with Gasteiger partial charge in [0.05, 0.1) is 6.54 Å². The molecule has 2 unspecified atom stereocenters. The third-order valence-electron chi connectivity index (χ3n) is 5.62. The van der Waals surface area contributed by atoms with Crippen LogP contribution in [0, 0.1) is 5.41 Å². The SMILES string of the molecule is CC(C)(C)C(=O)CN1CCCN2CCN(CCCN(COC=O)CC2)CC1. The van der Waals surface area contributed by atoms with Crippen molar-refractivity contribution < 1.29 is 14.3 Å². The molecular formula is C20H38N4O3. The Balaban J connectivity index is 1.95. The number of rotatable bonds is 5. The number of nitrogens with zero attached hydrogens (tertiary/aromatic N) is 4. The zero-order valence-corrected chi connectivity index (χ0v) is 17.5. The highest BCUT2D eigenvalue weighted by Crippen LogP contribution is 2.16. The zero-order valence-electron chi connectivity index (χ0n) is 17.5. The van der Waals surface area contributed by atoms with Gasteiger partial charge in [0, 0.05) is 51.2 Å². The Hall–Kier alpha value is -1.02. The lowest BCUT2D eigenvalue weighted by Crippen LogP contribution is -2.48. The molecule has 27 heavy (non-hydrogen) atoms. The van der Waals surface area contributed by atoms with Crippen LogP contribution in [0.25, 0.3) is 0 Å². The summed E-state index contributed by atoms with van der Waals surface area (Å²) in [7, 11) is 0. The van der Waals surface area contributed by atoms with Crippen LogP contribution < -0.4 is 0 Å². The summed E-state index contributed by atoms with van der Waals surface area (Å²) in [5.74, 6) is 0.329. The molecule has 0 spiro atoms. The molecule has 2 saturated heterocycles. The Morgan fingerprint density at radius 2 is 1.33 bits per heavy atom. The van der Waals surface area contributed by atoms with Gasteiger partial charge >= 0.3 is 0 Å². The lowest BCUT2D eigenvalue weighted by atomic mass is 9.90. The van der Waals surface area contributed by atoms with Gasteiger partial charge < -0.3 is 14.5 Å². The van der Waals surface area contributed by atoms with Gasteiger partial charge in [-0.3, -0.25) is 19.4 Å². The standard InChI is InChI=1S/C20H38N4O3/c1-20(2,3)19(26)16-23-8-4-6-22-11-10-21(12-14-23)7-5-9-24(15-13-22)17-27-18-25/h18H,4-17H2,1-3H3. The summed E-state index contributed by atoms with van der Waals surface area (Å²) in [6, 6.07) is 0. The Bertz CT molecular complexity index is 467. The van der Waals surface area contributed by atoms with Gasteiger partial charge in [0.1, 0.15) is 6.73 Å². The summed E-state index contributed by atoms with van der Waals surface area (Å²) in [5, 5.41) is 0. The van der Waals surface area contributed by atoms with Crippen molar-refractivity contribution in [3.63, 3.8) is 0 Å². The minimum atomic E-state index is -0.269. The van der Waals surface area contributed by atoms with Crippen LogP contribution in [0.4, 0.5) is 0 Å². The molecule has 0 aromatic heterocycles. The molecule has 156 valence electrons. The number of hydrogen-bond acceptors (Lipinski definition) is 7. The second-order valence-electron chi connectivity index (χ2n) is 8.85. The summed E-state index contributed by atoms with van der Waals surface area (Å²) < 4.78 is 4.98. The third-order valence-corrected chi connectivity index (χ3v) is 5.62. The number of hydrogen-bond donors (Lipinski definition) is 0. The normalized spacial score (nSPS) is 27.1. The Morgan fingerprint density at radius 3 is 1.89 bits per heavy atom. The molecule has 2 aliphatic heterocycles. The molecule has 2 rings (SSSR count). The first-order valence-corrected chi connectivity index (χ1v) is 10.4. The molecule has 2 fully saturated rings. The van der Waals surface area contributed by atoms with Crippen LogP contribution in [-0.2, 0) is 14.3 Å². The Morgan fingerprint density at radius 1 is 0.815 bits per heavy atom. The second kappa shape index (κ2) is 11.1. The van der Waals surface area contributed by atoms with Crippen LogP contribution in [0.5, 0.6) is 0 Å². The smallest absolute Gasteiger partial charge is 0.294 e. The summed E-state index contributed by atoms with van der Waals surface area (Å²) in [6.45, 7) is 17.6. The molecule has 0 aliphatic carbocycles. The van der Waals surface area contributed by atoms with E-state index in [4.69, 9.17) is 4.74 Å². The molecule has 0 aromatic rings. The van der Waals surface area contributed by atoms with Gasteiger partial charge in [-0.1, -0.05) is 20.8 Å². The van der Waals surface area contributed by atoms with Crippen molar-refractivity contribution in [1.82, 2.24) is 19.6 Å². The highest BCUT2D eigenvalue weighted by molar-refractivity contribution is 5.85. The van der Waals surface area contributed by atoms with Crippen molar-refractivity contribution in [2.24, 2.45) is 5.41 Å². The number of carbonyl (C=O) groups is 2. The molecule has 0 radical (unpaired) electrons. The zero-order chi connectivity index (χ0) is 19.7. The van der Waals surface area contributed by atoms with Gasteiger partial charge in [-0.15, -0.1) is 0 Å². The van der Waals surface area contributed by atoms with E-state index in [1.165, 1.54) is 0 Å². The van der Waals surface area contributed by atoms with Gasteiger partial charge in [-0.05, 0) is 32.5 Å². The average Bonchev–Trinajstić information content (AvgIpc) is 2.63. The summed E-state index contributed by atoms with van der Waals surface area (Å²) in [6.07, 6.45) is 2.16. The van der Waals surface area contributed by atoms with Crippen LogP contribution in [0.3, 0.4) is 0 Å². The van der Waals surface area contributed by atoms with Crippen LogP contribution in [0.15, 0.2) is 0 Å². The van der Waals surface area contributed by atoms with E-state index < -0.39 is 0 Å². The second-order valence-corrected chi connectivity index (χ2v) is 8.85. The predicted molar refractivity (Wildman–Crippen MR) is 107 cm³/mol. The van der Waals surface area contributed by atoms with Crippen molar-refractivity contribution >= 4 is 12.3 Å². The monoisotopic (exact) mass is 382 g/mol. The molecule has 2 atom stereocenters. The number of ether oxygens (including phenoxy) is 1. The maximum atomic E-state index is 12.5. The first-order chi connectivity index (χ1) is 12.9. The van der Waals surface area contributed by atoms with Gasteiger partial charge in [0.2, 0.25) is 0 Å². The highest BCUT2D eigenvalue weighted by Gasteiger charge is 2.24. The van der Waals surface area contributed by atoms with E-state index in [2.05, 4.69) is 19.6 Å². The van der Waals surface area contributed by atoms with Crippen molar-refractivity contribution in [1.29, 1.82) is 0 Å². The minimum absolute atomic E-state index is 0.269. The molecule has 0 aromatic carbocycles. The summed E-state index contributed by atoms with van der Waals surface area (Å²) in [5.41, 5.74) is -0.269. The fraction of sp³-hybridized carbons (Fsp3) is 0.900. The molecule has 2 aliphatic rings. The van der Waals surface area contributed by atoms with Gasteiger partial charge in [0.15, 0.2) is 5.78 Å². The third kappa shape index (κ3) is 8.25. The highest BCUT2D eigenvalue weighted by atomic mass is 16.5. The van der Waals surface area contributed by atoms with Crippen molar-refractivity contribution in [2.45, 2.75) is 33.6 Å². The molecule has 0 saturated carbocycles. The lowest BCUT2D eigenvalue weighted by Gasteiger charge is -2.35. The van der Waals surface area contributed by atoms with Gasteiger partial charge in [-0.2, -0.15) is 0 Å². The minimum Gasteiger partial charge on any atom is -0.452 e. The van der Waals surface area contributed by atoms with E-state index in [-0.39, 0.29) is 5.41 Å². The maximum Gasteiger partial charge on any atom is 0.294 e. The molecule has 0 N–H and O–H groups in total. The average molecular weight is 383 g/mol. The fourth-order valence-electron chi connectivity index (χ4n) is 3.64. The van der Waals surface area contributed by atoms with Crippen molar-refractivity contribution in [3.8, 4) is 0 Å². The molecule has 7 heteroatoms. The number of fused-ring (bicyclic) bond motifs is 3. The quantitative estimate of drug-likeness (QED) is 0.650. The van der Waals surface area contributed by atoms with Gasteiger partial charge in [0.25, 0.3) is 6.47 Å². The largest absolute Gasteiger partial charge is 0.452 e. The fourth-order valence-corrected chi connectivity index (χ4v) is 3.64. The number of Topliss-reactive ketones (excluding diaryl/α,β-unsaturated/α-hetero) is 1. The molecular weight excluding hydrogens is 344 g/mol. The van der Waals surface area contributed by atoms with E-state index in [1.54, 1.807) is 0 Å². The number of ketones is 1. The maximum absolute atomic E-state index is 12.5. The number of carbonyl (C=O) groups excluding carboxylic acids is 2. The van der Waals surface area contributed by atoms with E-state index in [0.717, 1.165) is 78.3 Å². The van der Waals surface area contributed by atoms with Crippen LogP contribution in [0.1, 0.15) is 33.6 Å². The van der Waals surface area contributed by atoms with E-state index in [0.29, 0.717) is 25.5 Å². The predicted octanol–water partition coefficient (Wildman–Crippen LogP) is 0.748. The molecule has 2 bridgehead atoms. The first-order valence-electron chi connectivity index (χ1n) is 10.4. The van der Waals surface area contributed by atoms with E-state index in [1.807, 2.05) is 20.8 Å². The molecule has 7 nitrogen and oxygen atoms in total. The van der Waals surface area contributed by atoms with Crippen molar-refractivity contribution in [2.75, 3.05) is 78.7 Å². The first kappa shape index (κ1) is 22.3. The molecule has 2 heterocycles. The Kier molecular flexibility index (Phi) is 9.15. The topological polar surface area (TPSA) is 56.3 Å². The van der Waals surface area contributed by atoms with Gasteiger partial charge in [-0.25, -0.2) is 0 Å². The summed E-state index contributed by atoms with van der Waals surface area (Å²) in [4.78, 5) is 32.6. The van der Waals surface area contributed by atoms with E-state index in [9.17, 15) is 9.59 Å². The van der Waals surface area contributed by atoms with Crippen LogP contribution >= 0.6 is 0 Å². The lowest BCUT2D eigenvalue weighted by molar-refractivity contribution is -0.133. The summed E-state index contributed by atoms with van der Waals surface area (Å²) >= 11 is 0. The van der Waals surface area contributed by atoms with E-state index >= 15 is 0 Å². The Labute approximate surface area is 164 Å². The molecule has 0 amide bonds. The van der Waals surface area contributed by atoms with Crippen LogP contribution in [-0.4, -0.2) is 111 Å². The van der Waals surface area contributed by atoms with Crippen molar-refractivity contribution in [3.05, 3.63) is 0 Å².